The number of aromatic nitrogens is 1. The highest BCUT2D eigenvalue weighted by Crippen LogP contribution is 2.30. The van der Waals surface area contributed by atoms with Crippen LogP contribution in [0.15, 0.2) is 48.8 Å². The van der Waals surface area contributed by atoms with Gasteiger partial charge >= 0.3 is 11.8 Å². The molecule has 1 atom stereocenters. The second-order valence-corrected chi connectivity index (χ2v) is 8.07. The Morgan fingerprint density at radius 3 is 2.00 bits per heavy atom. The maximum atomic E-state index is 12.7. The van der Waals surface area contributed by atoms with Gasteiger partial charge in [0.25, 0.3) is 0 Å². The summed E-state index contributed by atoms with van der Waals surface area (Å²) in [7, 11) is 0. The lowest BCUT2D eigenvalue weighted by Gasteiger charge is -2.32. The zero-order valence-corrected chi connectivity index (χ0v) is 16.5. The van der Waals surface area contributed by atoms with Crippen molar-refractivity contribution in [1.29, 1.82) is 0 Å². The van der Waals surface area contributed by atoms with Crippen LogP contribution in [0.4, 0.5) is 0 Å². The number of hydrogen-bond donors (Lipinski definition) is 0. The van der Waals surface area contributed by atoms with Crippen LogP contribution in [0.5, 0.6) is 0 Å². The minimum atomic E-state index is -0.362. The normalized spacial score (nSPS) is 20.4. The number of pyridine rings is 1. The first-order chi connectivity index (χ1) is 13.6. The zero-order valence-electron chi connectivity index (χ0n) is 15.8. The number of benzene rings is 1. The van der Waals surface area contributed by atoms with Crippen molar-refractivity contribution < 1.29 is 9.59 Å². The van der Waals surface area contributed by atoms with Gasteiger partial charge in [-0.2, -0.15) is 0 Å². The van der Waals surface area contributed by atoms with Crippen molar-refractivity contribution in [2.75, 3.05) is 26.2 Å². The second-order valence-electron chi connectivity index (χ2n) is 7.64. The quantitative estimate of drug-likeness (QED) is 0.729. The SMILES string of the molecule is O=C(C(=O)N1CCC(c2ccc(Cl)cc2)C1)N1CCC(c2ccncc2)CC1. The minimum Gasteiger partial charge on any atom is -0.334 e. The Morgan fingerprint density at radius 2 is 1.32 bits per heavy atom. The van der Waals surface area contributed by atoms with Crippen LogP contribution in [0.2, 0.25) is 5.02 Å². The first-order valence-corrected chi connectivity index (χ1v) is 10.2. The van der Waals surface area contributed by atoms with E-state index in [1.54, 1.807) is 22.2 Å². The maximum Gasteiger partial charge on any atom is 0.312 e. The first kappa shape index (κ1) is 18.9. The standard InChI is InChI=1S/C22H24ClN3O2/c23-20-3-1-16(2-4-20)19-9-14-26(15-19)22(28)21(27)25-12-7-18(8-13-25)17-5-10-24-11-6-17/h1-6,10-11,18-19H,7-9,12-15H2. The average Bonchev–Trinajstić information content (AvgIpc) is 3.24. The molecule has 1 aromatic heterocycles. The predicted molar refractivity (Wildman–Crippen MR) is 108 cm³/mol. The molecule has 2 aliphatic heterocycles. The lowest BCUT2D eigenvalue weighted by atomic mass is 9.90. The van der Waals surface area contributed by atoms with Crippen molar-refractivity contribution in [3.8, 4) is 0 Å². The number of amides is 2. The van der Waals surface area contributed by atoms with E-state index in [4.69, 9.17) is 11.6 Å². The summed E-state index contributed by atoms with van der Waals surface area (Å²) in [6.07, 6.45) is 6.26. The van der Waals surface area contributed by atoms with Gasteiger partial charge < -0.3 is 9.80 Å². The molecule has 0 radical (unpaired) electrons. The number of rotatable bonds is 2. The number of piperidine rings is 1. The van der Waals surface area contributed by atoms with Crippen LogP contribution in [0, 0.1) is 0 Å². The second kappa shape index (κ2) is 8.31. The van der Waals surface area contributed by atoms with Crippen LogP contribution in [-0.4, -0.2) is 52.8 Å². The Hall–Kier alpha value is -2.40. The van der Waals surface area contributed by atoms with Crippen molar-refractivity contribution in [2.24, 2.45) is 0 Å². The Morgan fingerprint density at radius 1 is 0.786 bits per heavy atom. The molecule has 6 heteroatoms. The van der Waals surface area contributed by atoms with Crippen molar-refractivity contribution in [3.63, 3.8) is 0 Å². The molecule has 2 saturated heterocycles. The van der Waals surface area contributed by atoms with Crippen LogP contribution in [0.1, 0.15) is 42.2 Å². The molecule has 1 unspecified atom stereocenters. The molecule has 0 saturated carbocycles. The van der Waals surface area contributed by atoms with Gasteiger partial charge in [0, 0.05) is 49.5 Å². The summed E-state index contributed by atoms with van der Waals surface area (Å²) in [5, 5.41) is 0.708. The minimum absolute atomic E-state index is 0.270. The molecule has 3 heterocycles. The molecule has 0 N–H and O–H groups in total. The van der Waals surface area contributed by atoms with Crippen LogP contribution < -0.4 is 0 Å². The molecule has 1 aromatic carbocycles. The van der Waals surface area contributed by atoms with Gasteiger partial charge in [-0.05, 0) is 60.6 Å². The molecule has 2 aliphatic rings. The molecule has 4 rings (SSSR count). The fourth-order valence-corrected chi connectivity index (χ4v) is 4.40. The van der Waals surface area contributed by atoms with E-state index in [-0.39, 0.29) is 17.7 Å². The summed E-state index contributed by atoms with van der Waals surface area (Å²) in [6, 6.07) is 11.8. The van der Waals surface area contributed by atoms with Crippen molar-refractivity contribution in [3.05, 3.63) is 64.9 Å². The van der Waals surface area contributed by atoms with Gasteiger partial charge in [-0.15, -0.1) is 0 Å². The van der Waals surface area contributed by atoms with Crippen LogP contribution >= 0.6 is 11.6 Å². The third-order valence-corrected chi connectivity index (χ3v) is 6.21. The first-order valence-electron chi connectivity index (χ1n) is 9.85. The number of halogens is 1. The molecule has 2 aromatic rings. The van der Waals surface area contributed by atoms with Gasteiger partial charge in [0.2, 0.25) is 0 Å². The summed E-state index contributed by atoms with van der Waals surface area (Å²) in [6.45, 7) is 2.49. The fourth-order valence-electron chi connectivity index (χ4n) is 4.27. The molecule has 0 spiro atoms. The van der Waals surface area contributed by atoms with Gasteiger partial charge in [-0.3, -0.25) is 14.6 Å². The Kier molecular flexibility index (Phi) is 5.62. The monoisotopic (exact) mass is 397 g/mol. The van der Waals surface area contributed by atoms with E-state index < -0.39 is 0 Å². The van der Waals surface area contributed by atoms with E-state index in [1.165, 1.54) is 11.1 Å². The highest BCUT2D eigenvalue weighted by molar-refractivity contribution is 6.35. The Balaban J connectivity index is 1.32. The molecule has 0 aliphatic carbocycles. The summed E-state index contributed by atoms with van der Waals surface area (Å²) in [4.78, 5) is 32.9. The zero-order chi connectivity index (χ0) is 19.5. The van der Waals surface area contributed by atoms with E-state index in [9.17, 15) is 9.59 Å². The summed E-state index contributed by atoms with van der Waals surface area (Å²) in [5.74, 6) is -0.0153. The van der Waals surface area contributed by atoms with Crippen molar-refractivity contribution in [2.45, 2.75) is 31.1 Å². The molecule has 2 amide bonds. The Labute approximate surface area is 170 Å². The predicted octanol–water partition coefficient (Wildman–Crippen LogP) is 3.46. The summed E-state index contributed by atoms with van der Waals surface area (Å²) >= 11 is 5.96. The lowest BCUT2D eigenvalue weighted by molar-refractivity contribution is -0.151. The van der Waals surface area contributed by atoms with Gasteiger partial charge in [0.05, 0.1) is 0 Å². The fraction of sp³-hybridized carbons (Fsp3) is 0.409. The van der Waals surface area contributed by atoms with Gasteiger partial charge in [0.15, 0.2) is 0 Å². The van der Waals surface area contributed by atoms with Crippen LogP contribution in [0.25, 0.3) is 0 Å². The average molecular weight is 398 g/mol. The number of carbonyl (C=O) groups is 2. The topological polar surface area (TPSA) is 53.5 Å². The van der Waals surface area contributed by atoms with Gasteiger partial charge in [-0.25, -0.2) is 0 Å². The number of nitrogens with zero attached hydrogens (tertiary/aromatic N) is 3. The van der Waals surface area contributed by atoms with Gasteiger partial charge in [0.1, 0.15) is 0 Å². The smallest absolute Gasteiger partial charge is 0.312 e. The molecule has 146 valence electrons. The molecular formula is C22H24ClN3O2. The number of hydrogen-bond acceptors (Lipinski definition) is 3. The molecule has 28 heavy (non-hydrogen) atoms. The van der Waals surface area contributed by atoms with E-state index >= 15 is 0 Å². The van der Waals surface area contributed by atoms with Gasteiger partial charge in [-0.1, -0.05) is 23.7 Å². The largest absolute Gasteiger partial charge is 0.334 e. The molecule has 2 fully saturated rings. The third kappa shape index (κ3) is 4.04. The van der Waals surface area contributed by atoms with E-state index in [0.29, 0.717) is 37.1 Å². The third-order valence-electron chi connectivity index (χ3n) is 5.96. The van der Waals surface area contributed by atoms with Crippen LogP contribution in [0.3, 0.4) is 0 Å². The number of carbonyl (C=O) groups excluding carboxylic acids is 2. The molecule has 5 nitrogen and oxygen atoms in total. The summed E-state index contributed by atoms with van der Waals surface area (Å²) in [5.41, 5.74) is 2.43. The van der Waals surface area contributed by atoms with Crippen molar-refractivity contribution >= 4 is 23.4 Å². The van der Waals surface area contributed by atoms with E-state index in [0.717, 1.165) is 19.3 Å². The van der Waals surface area contributed by atoms with Crippen LogP contribution in [-0.2, 0) is 9.59 Å². The highest BCUT2D eigenvalue weighted by atomic mass is 35.5. The highest BCUT2D eigenvalue weighted by Gasteiger charge is 2.34. The Bertz CT molecular complexity index is 833. The van der Waals surface area contributed by atoms with E-state index in [1.807, 2.05) is 36.4 Å². The molecule has 0 bridgehead atoms. The lowest BCUT2D eigenvalue weighted by Crippen LogP contribution is -2.47. The van der Waals surface area contributed by atoms with Crippen molar-refractivity contribution in [1.82, 2.24) is 14.8 Å². The summed E-state index contributed by atoms with van der Waals surface area (Å²) < 4.78 is 0. The molecular weight excluding hydrogens is 374 g/mol. The number of likely N-dealkylation sites (tertiary alicyclic amines) is 2. The van der Waals surface area contributed by atoms with E-state index in [2.05, 4.69) is 4.98 Å². The maximum absolute atomic E-state index is 12.7.